The van der Waals surface area contributed by atoms with Gasteiger partial charge in [-0.3, -0.25) is 5.32 Å². The Morgan fingerprint density at radius 3 is 2.70 bits per heavy atom. The number of rotatable bonds is 4. The maximum absolute atomic E-state index is 12.5. The Morgan fingerprint density at radius 2 is 1.96 bits per heavy atom. The quantitative estimate of drug-likeness (QED) is 0.736. The van der Waals surface area contributed by atoms with Crippen molar-refractivity contribution in [1.82, 2.24) is 14.7 Å². The second kappa shape index (κ2) is 7.19. The number of anilines is 1. The fourth-order valence-electron chi connectivity index (χ4n) is 2.57. The third kappa shape index (κ3) is 3.82. The summed E-state index contributed by atoms with van der Waals surface area (Å²) in [4.78, 5) is 31.6. The summed E-state index contributed by atoms with van der Waals surface area (Å²) in [7, 11) is -3.21. The molecule has 0 bridgehead atoms. The van der Waals surface area contributed by atoms with Gasteiger partial charge in [0.2, 0.25) is 11.8 Å². The number of hydrogen-bond acceptors (Lipinski definition) is 8. The topological polar surface area (TPSA) is 137 Å². The Bertz CT molecular complexity index is 1020. The number of nitrogens with zero attached hydrogens (tertiary/aromatic N) is 2. The Hall–Kier alpha value is -3.21. The van der Waals surface area contributed by atoms with Crippen LogP contribution in [0.1, 0.15) is 21.6 Å². The lowest BCUT2D eigenvalue weighted by Crippen LogP contribution is -2.35. The Kier molecular flexibility index (Phi) is 4.95. The van der Waals surface area contributed by atoms with E-state index in [2.05, 4.69) is 20.0 Å². The molecule has 11 heteroatoms. The maximum atomic E-state index is 12.5. The van der Waals surface area contributed by atoms with E-state index in [1.165, 1.54) is 24.3 Å². The van der Waals surface area contributed by atoms with Gasteiger partial charge in [-0.1, -0.05) is 12.1 Å². The van der Waals surface area contributed by atoms with Gasteiger partial charge in [-0.2, -0.15) is 4.98 Å². The van der Waals surface area contributed by atoms with Gasteiger partial charge < -0.3 is 9.47 Å². The summed E-state index contributed by atoms with van der Waals surface area (Å²) < 4.78 is 36.7. The van der Waals surface area contributed by atoms with E-state index < -0.39 is 22.0 Å². The minimum atomic E-state index is -4.34. The highest BCUT2D eigenvalue weighted by atomic mass is 32.2. The van der Waals surface area contributed by atoms with Gasteiger partial charge in [0.15, 0.2) is 0 Å². The normalized spacial score (nSPS) is 12.7. The van der Waals surface area contributed by atoms with Crippen LogP contribution in [-0.4, -0.2) is 44.1 Å². The van der Waals surface area contributed by atoms with Crippen LogP contribution in [0, 0.1) is 6.92 Å². The molecule has 0 radical (unpaired) electrons. The monoisotopic (exact) mass is 392 g/mol. The second-order valence-electron chi connectivity index (χ2n) is 5.56. The van der Waals surface area contributed by atoms with Crippen LogP contribution in [0.2, 0.25) is 0 Å². The number of benzene rings is 1. The van der Waals surface area contributed by atoms with Crippen LogP contribution in [0.25, 0.3) is 0 Å². The number of aryl methyl sites for hydroxylation is 1. The molecular formula is C16H16N4O6S. The number of aromatic nitrogens is 2. The summed E-state index contributed by atoms with van der Waals surface area (Å²) in [6, 6.07) is 4.29. The Morgan fingerprint density at radius 1 is 1.22 bits per heavy atom. The number of nitrogens with one attached hydrogen (secondary N) is 2. The van der Waals surface area contributed by atoms with Crippen molar-refractivity contribution in [2.45, 2.75) is 18.2 Å². The van der Waals surface area contributed by atoms with Gasteiger partial charge in [-0.05, 0) is 19.1 Å². The van der Waals surface area contributed by atoms with Crippen LogP contribution in [-0.2, 0) is 21.2 Å². The van der Waals surface area contributed by atoms with E-state index in [0.717, 1.165) is 12.7 Å². The van der Waals surface area contributed by atoms with Crippen LogP contribution >= 0.6 is 0 Å². The van der Waals surface area contributed by atoms with Crippen LogP contribution in [0.15, 0.2) is 29.2 Å². The molecule has 2 heterocycles. The van der Waals surface area contributed by atoms with Crippen molar-refractivity contribution in [3.05, 3.63) is 41.1 Å². The van der Waals surface area contributed by atoms with E-state index in [1.54, 1.807) is 6.92 Å². The number of sulfonamides is 1. The summed E-state index contributed by atoms with van der Waals surface area (Å²) in [5.74, 6) is -0.579. The zero-order valence-corrected chi connectivity index (χ0v) is 15.3. The molecule has 10 nitrogen and oxygen atoms in total. The van der Waals surface area contributed by atoms with E-state index in [4.69, 9.17) is 4.74 Å². The number of carbonyl (C=O) groups excluding carboxylic acids is 2. The van der Waals surface area contributed by atoms with E-state index in [-0.39, 0.29) is 16.4 Å². The van der Waals surface area contributed by atoms with Crippen molar-refractivity contribution in [3.8, 4) is 5.88 Å². The third-order valence-corrected chi connectivity index (χ3v) is 5.19. The standard InChI is InChI=1S/C16H16N4O6S/c1-9-10-7-8-26-13(10)18-15(17-9)19-16(22)20-27(23,24)12-6-4-3-5-11(12)14(21)25-2/h3-6H,7-8H2,1-2H3,(H2,17,18,19,20,22). The first-order valence-electron chi connectivity index (χ1n) is 7.83. The minimum absolute atomic E-state index is 0.0953. The van der Waals surface area contributed by atoms with Crippen molar-refractivity contribution in [2.75, 3.05) is 19.0 Å². The first-order valence-corrected chi connectivity index (χ1v) is 9.31. The SMILES string of the molecule is COC(=O)c1ccccc1S(=O)(=O)NC(=O)Nc1nc(C)c2c(n1)OCC2. The molecule has 0 saturated carbocycles. The van der Waals surface area contributed by atoms with Gasteiger partial charge in [0, 0.05) is 12.0 Å². The molecule has 1 aromatic carbocycles. The lowest BCUT2D eigenvalue weighted by molar-refractivity contribution is 0.0596. The smallest absolute Gasteiger partial charge is 0.339 e. The molecule has 0 spiro atoms. The molecule has 1 aliphatic rings. The number of carbonyl (C=O) groups is 2. The molecule has 3 rings (SSSR count). The molecular weight excluding hydrogens is 376 g/mol. The molecule has 0 atom stereocenters. The fourth-order valence-corrected chi connectivity index (χ4v) is 3.67. The third-order valence-electron chi connectivity index (χ3n) is 3.80. The average molecular weight is 392 g/mol. The summed E-state index contributed by atoms with van der Waals surface area (Å²) in [5, 5.41) is 2.25. The number of amides is 2. The van der Waals surface area contributed by atoms with Crippen molar-refractivity contribution in [1.29, 1.82) is 0 Å². The maximum Gasteiger partial charge on any atom is 0.339 e. The summed E-state index contributed by atoms with van der Waals surface area (Å²) in [6.45, 7) is 2.21. The summed E-state index contributed by atoms with van der Waals surface area (Å²) >= 11 is 0. The Labute approximate surface area is 155 Å². The molecule has 2 N–H and O–H groups in total. The van der Waals surface area contributed by atoms with Gasteiger partial charge in [0.1, 0.15) is 4.90 Å². The van der Waals surface area contributed by atoms with Gasteiger partial charge >= 0.3 is 12.0 Å². The van der Waals surface area contributed by atoms with Crippen LogP contribution in [0.4, 0.5) is 10.7 Å². The molecule has 0 saturated heterocycles. The van der Waals surface area contributed by atoms with Crippen molar-refractivity contribution in [2.24, 2.45) is 0 Å². The first-order chi connectivity index (χ1) is 12.8. The second-order valence-corrected chi connectivity index (χ2v) is 7.21. The number of fused-ring (bicyclic) bond motifs is 1. The number of urea groups is 1. The van der Waals surface area contributed by atoms with Crippen molar-refractivity contribution < 1.29 is 27.5 Å². The van der Waals surface area contributed by atoms with E-state index in [9.17, 15) is 18.0 Å². The van der Waals surface area contributed by atoms with Crippen molar-refractivity contribution in [3.63, 3.8) is 0 Å². The number of ether oxygens (including phenoxy) is 2. The molecule has 0 unspecified atom stereocenters. The van der Waals surface area contributed by atoms with Crippen LogP contribution in [0.5, 0.6) is 5.88 Å². The highest BCUT2D eigenvalue weighted by molar-refractivity contribution is 7.90. The van der Waals surface area contributed by atoms with Gasteiger partial charge in [-0.15, -0.1) is 0 Å². The van der Waals surface area contributed by atoms with Crippen LogP contribution in [0.3, 0.4) is 0 Å². The molecule has 2 amide bonds. The van der Waals surface area contributed by atoms with E-state index in [1.807, 2.05) is 4.72 Å². The Balaban J connectivity index is 1.80. The minimum Gasteiger partial charge on any atom is -0.477 e. The number of esters is 1. The largest absolute Gasteiger partial charge is 0.477 e. The highest BCUT2D eigenvalue weighted by Crippen LogP contribution is 2.26. The number of methoxy groups -OCH3 is 1. The van der Waals surface area contributed by atoms with Gasteiger partial charge in [-0.25, -0.2) is 27.7 Å². The van der Waals surface area contributed by atoms with Crippen molar-refractivity contribution >= 4 is 28.0 Å². The fraction of sp³-hybridized carbons (Fsp3) is 0.250. The zero-order chi connectivity index (χ0) is 19.6. The zero-order valence-electron chi connectivity index (χ0n) is 14.5. The molecule has 2 aromatic rings. The van der Waals surface area contributed by atoms with E-state index in [0.29, 0.717) is 24.6 Å². The summed E-state index contributed by atoms with van der Waals surface area (Å²) in [5.41, 5.74) is 1.28. The lowest BCUT2D eigenvalue weighted by atomic mass is 10.2. The molecule has 27 heavy (non-hydrogen) atoms. The summed E-state index contributed by atoms with van der Waals surface area (Å²) in [6.07, 6.45) is 0.673. The number of hydrogen-bond donors (Lipinski definition) is 2. The molecule has 0 fully saturated rings. The predicted octanol–water partition coefficient (Wildman–Crippen LogP) is 1.02. The highest BCUT2D eigenvalue weighted by Gasteiger charge is 2.25. The van der Waals surface area contributed by atoms with Crippen LogP contribution < -0.4 is 14.8 Å². The van der Waals surface area contributed by atoms with Gasteiger partial charge in [0.25, 0.3) is 10.0 Å². The first kappa shape index (κ1) is 18.6. The lowest BCUT2D eigenvalue weighted by Gasteiger charge is -2.11. The molecule has 142 valence electrons. The molecule has 0 aliphatic carbocycles. The average Bonchev–Trinajstić information content (AvgIpc) is 3.09. The van der Waals surface area contributed by atoms with E-state index >= 15 is 0 Å². The predicted molar refractivity (Wildman–Crippen MR) is 93.1 cm³/mol. The molecule has 1 aliphatic heterocycles. The molecule has 1 aromatic heterocycles. The van der Waals surface area contributed by atoms with Gasteiger partial charge in [0.05, 0.1) is 25.0 Å².